The monoisotopic (exact) mass is 247 g/mol. The van der Waals surface area contributed by atoms with E-state index < -0.39 is 0 Å². The van der Waals surface area contributed by atoms with Crippen LogP contribution >= 0.6 is 0 Å². The second-order valence-electron chi connectivity index (χ2n) is 5.18. The highest BCUT2D eigenvalue weighted by Crippen LogP contribution is 2.20. The molecule has 0 aromatic heterocycles. The summed E-state index contributed by atoms with van der Waals surface area (Å²) >= 11 is 0. The first kappa shape index (κ1) is 15.2. The van der Waals surface area contributed by atoms with Gasteiger partial charge in [-0.25, -0.2) is 0 Å². The maximum atomic E-state index is 9.29. The lowest BCUT2D eigenvalue weighted by Crippen LogP contribution is -2.03. The molecule has 18 heavy (non-hydrogen) atoms. The van der Waals surface area contributed by atoms with Crippen molar-refractivity contribution in [2.75, 3.05) is 6.61 Å². The van der Waals surface area contributed by atoms with Gasteiger partial charge in [0.25, 0.3) is 0 Å². The molecular weight excluding hydrogens is 220 g/mol. The van der Waals surface area contributed by atoms with Gasteiger partial charge in [-0.05, 0) is 42.4 Å². The first-order valence-electron chi connectivity index (χ1n) is 7.27. The highest BCUT2D eigenvalue weighted by atomic mass is 16.3. The topological polar surface area (TPSA) is 20.2 Å². The van der Waals surface area contributed by atoms with Crippen LogP contribution < -0.4 is 0 Å². The van der Waals surface area contributed by atoms with Crippen molar-refractivity contribution in [1.82, 2.24) is 0 Å². The van der Waals surface area contributed by atoms with Gasteiger partial charge in [0, 0.05) is 5.92 Å². The number of hydrogen-bond donors (Lipinski definition) is 1. The van der Waals surface area contributed by atoms with Crippen molar-refractivity contribution in [3.8, 4) is 0 Å². The van der Waals surface area contributed by atoms with Crippen LogP contribution in [0.25, 0.3) is 0 Å². The molecule has 0 spiro atoms. The fourth-order valence-corrected chi connectivity index (χ4v) is 2.15. The van der Waals surface area contributed by atoms with E-state index in [9.17, 15) is 5.11 Å². The van der Waals surface area contributed by atoms with E-state index in [1.165, 1.54) is 42.4 Å². The predicted molar refractivity (Wildman–Crippen MR) is 78.8 cm³/mol. The molecule has 0 saturated heterocycles. The minimum Gasteiger partial charge on any atom is -0.395 e. The van der Waals surface area contributed by atoms with E-state index in [0.717, 1.165) is 18.8 Å². The summed E-state index contributed by atoms with van der Waals surface area (Å²) < 4.78 is 0. The van der Waals surface area contributed by atoms with Crippen molar-refractivity contribution < 1.29 is 5.11 Å². The van der Waals surface area contributed by atoms with Crippen LogP contribution in [-0.4, -0.2) is 11.7 Å². The van der Waals surface area contributed by atoms with Crippen LogP contribution in [0.15, 0.2) is 18.2 Å². The predicted octanol–water partition coefficient (Wildman–Crippen LogP) is 4.31. The number of rotatable bonds is 8. The van der Waals surface area contributed by atoms with E-state index >= 15 is 0 Å². The van der Waals surface area contributed by atoms with Crippen molar-refractivity contribution in [2.45, 2.75) is 59.3 Å². The first-order valence-corrected chi connectivity index (χ1v) is 7.27. The minimum absolute atomic E-state index is 0.157. The molecule has 1 aromatic carbocycles. The van der Waals surface area contributed by atoms with Gasteiger partial charge < -0.3 is 5.11 Å². The Bertz CT molecular complexity index is 317. The molecule has 0 amide bonds. The van der Waals surface area contributed by atoms with Gasteiger partial charge in [-0.15, -0.1) is 0 Å². The highest BCUT2D eigenvalue weighted by molar-refractivity contribution is 5.38. The third-order valence-corrected chi connectivity index (χ3v) is 3.42. The second kappa shape index (κ2) is 8.31. The Morgan fingerprint density at radius 2 is 1.44 bits per heavy atom. The zero-order valence-corrected chi connectivity index (χ0v) is 12.1. The molecular formula is C17H27O. The number of aliphatic hydroxyl groups is 1. The summed E-state index contributed by atoms with van der Waals surface area (Å²) in [6, 6.07) is 6.84. The summed E-state index contributed by atoms with van der Waals surface area (Å²) in [4.78, 5) is 0. The average Bonchev–Trinajstić information content (AvgIpc) is 2.41. The number of aliphatic hydroxyl groups excluding tert-OH is 1. The van der Waals surface area contributed by atoms with Crippen LogP contribution in [-0.2, 0) is 12.8 Å². The summed E-state index contributed by atoms with van der Waals surface area (Å²) in [5.41, 5.74) is 4.07. The molecule has 0 heterocycles. The molecule has 1 radical (unpaired) electrons. The van der Waals surface area contributed by atoms with Gasteiger partial charge in [-0.1, -0.05) is 51.8 Å². The lowest BCUT2D eigenvalue weighted by molar-refractivity contribution is 0.315. The van der Waals surface area contributed by atoms with E-state index in [0.29, 0.717) is 0 Å². The zero-order valence-electron chi connectivity index (χ0n) is 12.1. The molecule has 0 aliphatic heterocycles. The molecule has 101 valence electrons. The molecule has 1 nitrogen and oxygen atoms in total. The molecule has 1 rings (SSSR count). The maximum Gasteiger partial charge on any atom is 0.0534 e. The van der Waals surface area contributed by atoms with Crippen LogP contribution in [0.5, 0.6) is 0 Å². The van der Waals surface area contributed by atoms with Crippen LogP contribution in [0.2, 0.25) is 0 Å². The molecule has 1 heteroatoms. The summed E-state index contributed by atoms with van der Waals surface area (Å²) in [7, 11) is 0. The summed E-state index contributed by atoms with van der Waals surface area (Å²) in [5.74, 6) is 1.08. The van der Waals surface area contributed by atoms with Gasteiger partial charge in [-0.3, -0.25) is 0 Å². The van der Waals surface area contributed by atoms with Crippen LogP contribution in [0.3, 0.4) is 0 Å². The zero-order chi connectivity index (χ0) is 13.4. The maximum absolute atomic E-state index is 9.29. The van der Waals surface area contributed by atoms with Gasteiger partial charge in [0.1, 0.15) is 0 Å². The van der Waals surface area contributed by atoms with Crippen molar-refractivity contribution in [2.24, 2.45) is 0 Å². The summed E-state index contributed by atoms with van der Waals surface area (Å²) in [5, 5.41) is 9.29. The third kappa shape index (κ3) is 4.81. The molecule has 0 bridgehead atoms. The molecule has 0 saturated carbocycles. The molecule has 1 aromatic rings. The molecule has 0 unspecified atom stereocenters. The Morgan fingerprint density at radius 3 is 1.83 bits per heavy atom. The van der Waals surface area contributed by atoms with Gasteiger partial charge in [0.05, 0.1) is 6.61 Å². The largest absolute Gasteiger partial charge is 0.395 e. The van der Waals surface area contributed by atoms with E-state index in [4.69, 9.17) is 0 Å². The quantitative estimate of drug-likeness (QED) is 0.726. The molecule has 0 aliphatic rings. The molecule has 1 N–H and O–H groups in total. The molecule has 0 fully saturated rings. The van der Waals surface area contributed by atoms with Crippen molar-refractivity contribution in [1.29, 1.82) is 0 Å². The van der Waals surface area contributed by atoms with Crippen molar-refractivity contribution in [3.63, 3.8) is 0 Å². The molecule has 0 atom stereocenters. The lowest BCUT2D eigenvalue weighted by Gasteiger charge is -2.13. The number of unbranched alkanes of at least 4 members (excludes halogenated alkanes) is 2. The Kier molecular flexibility index (Phi) is 7.04. The Hall–Kier alpha value is -0.820. The second-order valence-corrected chi connectivity index (χ2v) is 5.18. The minimum atomic E-state index is 0.157. The van der Waals surface area contributed by atoms with E-state index in [1.54, 1.807) is 0 Å². The Morgan fingerprint density at radius 1 is 0.944 bits per heavy atom. The lowest BCUT2D eigenvalue weighted by atomic mass is 9.93. The fraction of sp³-hybridized carbons (Fsp3) is 0.588. The normalized spacial score (nSPS) is 11.2. The van der Waals surface area contributed by atoms with Crippen LogP contribution in [0.4, 0.5) is 0 Å². The van der Waals surface area contributed by atoms with Gasteiger partial charge in [0.15, 0.2) is 0 Å². The Balaban J connectivity index is 2.88. The number of benzene rings is 1. The highest BCUT2D eigenvalue weighted by Gasteiger charge is 2.08. The SMILES string of the molecule is CCCCc1cc(CCCC)cc([C](C)CO)c1. The standard InChI is InChI=1S/C17H27O/c1-4-6-8-15-10-16(9-7-5-2)12-17(11-15)14(3)13-18/h10-12,18H,4-9,13H2,1-3H3. The number of aryl methyl sites for hydroxylation is 2. The van der Waals surface area contributed by atoms with Gasteiger partial charge in [0.2, 0.25) is 0 Å². The van der Waals surface area contributed by atoms with Crippen molar-refractivity contribution in [3.05, 3.63) is 40.8 Å². The summed E-state index contributed by atoms with van der Waals surface area (Å²) in [6.45, 7) is 6.63. The van der Waals surface area contributed by atoms with Crippen LogP contribution in [0, 0.1) is 5.92 Å². The third-order valence-electron chi connectivity index (χ3n) is 3.42. The first-order chi connectivity index (χ1) is 8.71. The molecule has 0 aliphatic carbocycles. The fourth-order valence-electron chi connectivity index (χ4n) is 2.15. The van der Waals surface area contributed by atoms with Gasteiger partial charge >= 0.3 is 0 Å². The van der Waals surface area contributed by atoms with E-state index in [2.05, 4.69) is 32.0 Å². The average molecular weight is 247 g/mol. The van der Waals surface area contributed by atoms with Gasteiger partial charge in [-0.2, -0.15) is 0 Å². The van der Waals surface area contributed by atoms with E-state index in [-0.39, 0.29) is 6.61 Å². The van der Waals surface area contributed by atoms with Crippen LogP contribution in [0.1, 0.15) is 63.1 Å². The number of hydrogen-bond acceptors (Lipinski definition) is 1. The van der Waals surface area contributed by atoms with E-state index in [1.807, 2.05) is 6.92 Å². The summed E-state index contributed by atoms with van der Waals surface area (Å²) in [6.07, 6.45) is 7.27. The van der Waals surface area contributed by atoms with Crippen molar-refractivity contribution >= 4 is 0 Å². The Labute approximate surface area is 112 Å². The smallest absolute Gasteiger partial charge is 0.0534 e.